The van der Waals surface area contributed by atoms with E-state index in [4.69, 9.17) is 0 Å². The molecule has 0 aromatic heterocycles. The Bertz CT molecular complexity index is 983. The molecule has 0 spiro atoms. The lowest BCUT2D eigenvalue weighted by Crippen LogP contribution is -2.36. The first-order valence-corrected chi connectivity index (χ1v) is 12.0. The summed E-state index contributed by atoms with van der Waals surface area (Å²) in [4.78, 5) is 28.0. The second-order valence-electron chi connectivity index (χ2n) is 9.78. The highest BCUT2D eigenvalue weighted by Crippen LogP contribution is 2.36. The molecule has 0 radical (unpaired) electrons. The molecule has 176 valence electrons. The van der Waals surface area contributed by atoms with E-state index in [-0.39, 0.29) is 24.2 Å². The number of halogens is 1. The van der Waals surface area contributed by atoms with Crippen molar-refractivity contribution in [3.63, 3.8) is 0 Å². The summed E-state index contributed by atoms with van der Waals surface area (Å²) >= 11 is 0. The van der Waals surface area contributed by atoms with E-state index in [1.165, 1.54) is 5.56 Å². The van der Waals surface area contributed by atoms with Crippen LogP contribution in [0.15, 0.2) is 48.5 Å². The molecular weight excluding hydrogens is 417 g/mol. The Morgan fingerprint density at radius 3 is 2.18 bits per heavy atom. The minimum atomic E-state index is -1.06. The zero-order chi connectivity index (χ0) is 23.5. The van der Waals surface area contributed by atoms with Gasteiger partial charge in [0.2, 0.25) is 11.8 Å². The largest absolute Gasteiger partial charge is 0.345 e. The van der Waals surface area contributed by atoms with Crippen LogP contribution in [0.1, 0.15) is 61.8 Å². The predicted octanol–water partition coefficient (Wildman–Crippen LogP) is 4.65. The number of carbonyl (C=O) groups excluding carboxylic acids is 2. The standard InChI is InChI=1S/C27H34FN3O2/c1-17(2)18-8-10-19(11-9-18)25(30-27(33)22-16-23(22)28)21-6-4-5-7-24(21)29-26(32)20-12-14-31(3)15-13-20/h4-11,17,20,22-23,25H,12-16H2,1-3H3,(H,29,32)(H,30,33)/t22-,23-,25+/m0/s1. The molecule has 1 saturated carbocycles. The van der Waals surface area contributed by atoms with Crippen LogP contribution in [0, 0.1) is 11.8 Å². The summed E-state index contributed by atoms with van der Waals surface area (Å²) < 4.78 is 13.6. The molecule has 1 heterocycles. The van der Waals surface area contributed by atoms with Crippen molar-refractivity contribution in [2.24, 2.45) is 11.8 Å². The molecule has 5 nitrogen and oxygen atoms in total. The number of benzene rings is 2. The number of nitrogens with one attached hydrogen (secondary N) is 2. The maximum atomic E-state index is 13.6. The zero-order valence-electron chi connectivity index (χ0n) is 19.7. The minimum absolute atomic E-state index is 0.0156. The first-order chi connectivity index (χ1) is 15.8. The van der Waals surface area contributed by atoms with Crippen molar-refractivity contribution in [3.05, 3.63) is 65.2 Å². The lowest BCUT2D eigenvalue weighted by atomic mass is 9.93. The second-order valence-corrected chi connectivity index (χ2v) is 9.78. The van der Waals surface area contributed by atoms with Gasteiger partial charge in [0.25, 0.3) is 0 Å². The highest BCUT2D eigenvalue weighted by atomic mass is 19.1. The summed E-state index contributed by atoms with van der Waals surface area (Å²) in [6, 6.07) is 15.3. The third-order valence-corrected chi connectivity index (χ3v) is 6.89. The van der Waals surface area contributed by atoms with Crippen LogP contribution in [0.4, 0.5) is 10.1 Å². The van der Waals surface area contributed by atoms with Crippen molar-refractivity contribution in [2.75, 3.05) is 25.5 Å². The normalized spacial score (nSPS) is 22.1. The summed E-state index contributed by atoms with van der Waals surface area (Å²) in [6.45, 7) is 6.09. The van der Waals surface area contributed by atoms with E-state index in [9.17, 15) is 14.0 Å². The van der Waals surface area contributed by atoms with Crippen molar-refractivity contribution in [2.45, 2.75) is 51.2 Å². The molecule has 0 unspecified atom stereocenters. The Morgan fingerprint density at radius 1 is 0.970 bits per heavy atom. The smallest absolute Gasteiger partial charge is 0.227 e. The van der Waals surface area contributed by atoms with Gasteiger partial charge in [-0.15, -0.1) is 0 Å². The number of carbonyl (C=O) groups is 2. The zero-order valence-corrected chi connectivity index (χ0v) is 19.7. The minimum Gasteiger partial charge on any atom is -0.345 e. The summed E-state index contributed by atoms with van der Waals surface area (Å²) in [5, 5.41) is 6.17. The number of likely N-dealkylation sites (tertiary alicyclic amines) is 1. The van der Waals surface area contributed by atoms with Crippen LogP contribution < -0.4 is 10.6 Å². The number of anilines is 1. The van der Waals surface area contributed by atoms with E-state index >= 15 is 0 Å². The van der Waals surface area contributed by atoms with Gasteiger partial charge < -0.3 is 15.5 Å². The molecular formula is C27H34FN3O2. The summed E-state index contributed by atoms with van der Waals surface area (Å²) in [5.74, 6) is -0.472. The SMILES string of the molecule is CC(C)c1ccc([C@@H](NC(=O)[C@H]2C[C@@H]2F)c2ccccc2NC(=O)C2CCN(C)CC2)cc1. The predicted molar refractivity (Wildman–Crippen MR) is 129 cm³/mol. The highest BCUT2D eigenvalue weighted by Gasteiger charge is 2.44. The molecule has 1 saturated heterocycles. The van der Waals surface area contributed by atoms with E-state index in [0.29, 0.717) is 11.6 Å². The Kier molecular flexibility index (Phi) is 7.13. The molecule has 3 atom stereocenters. The molecule has 2 fully saturated rings. The number of amides is 2. The number of hydrogen-bond donors (Lipinski definition) is 2. The molecule has 33 heavy (non-hydrogen) atoms. The molecule has 1 aliphatic carbocycles. The van der Waals surface area contributed by atoms with Gasteiger partial charge in [0, 0.05) is 17.2 Å². The van der Waals surface area contributed by atoms with Gasteiger partial charge in [-0.1, -0.05) is 56.3 Å². The maximum absolute atomic E-state index is 13.6. The molecule has 0 bridgehead atoms. The highest BCUT2D eigenvalue weighted by molar-refractivity contribution is 5.93. The molecule has 2 aromatic carbocycles. The van der Waals surface area contributed by atoms with E-state index in [0.717, 1.165) is 37.1 Å². The van der Waals surface area contributed by atoms with Crippen molar-refractivity contribution < 1.29 is 14.0 Å². The van der Waals surface area contributed by atoms with Gasteiger partial charge in [0.15, 0.2) is 0 Å². The maximum Gasteiger partial charge on any atom is 0.227 e. The van der Waals surface area contributed by atoms with E-state index in [1.807, 2.05) is 36.4 Å². The van der Waals surface area contributed by atoms with E-state index < -0.39 is 18.1 Å². The van der Waals surface area contributed by atoms with Crippen LogP contribution in [-0.4, -0.2) is 43.0 Å². The fraction of sp³-hybridized carbons (Fsp3) is 0.481. The van der Waals surface area contributed by atoms with Gasteiger partial charge in [-0.25, -0.2) is 4.39 Å². The van der Waals surface area contributed by atoms with Crippen LogP contribution >= 0.6 is 0 Å². The van der Waals surface area contributed by atoms with Crippen LogP contribution in [0.3, 0.4) is 0 Å². The number of nitrogens with zero attached hydrogens (tertiary/aromatic N) is 1. The molecule has 2 aliphatic rings. The average molecular weight is 452 g/mol. The van der Waals surface area contributed by atoms with Crippen molar-refractivity contribution in [1.29, 1.82) is 0 Å². The second kappa shape index (κ2) is 10.0. The van der Waals surface area contributed by atoms with Gasteiger partial charge >= 0.3 is 0 Å². The lowest BCUT2D eigenvalue weighted by Gasteiger charge is -2.29. The topological polar surface area (TPSA) is 61.4 Å². The monoisotopic (exact) mass is 451 g/mol. The Hall–Kier alpha value is -2.73. The van der Waals surface area contributed by atoms with Gasteiger partial charge in [-0.05, 0) is 62.5 Å². The fourth-order valence-corrected chi connectivity index (χ4v) is 4.47. The van der Waals surface area contributed by atoms with Crippen molar-refractivity contribution in [3.8, 4) is 0 Å². The van der Waals surface area contributed by atoms with Crippen LogP contribution in [0.5, 0.6) is 0 Å². The van der Waals surface area contributed by atoms with Gasteiger partial charge in [0.05, 0.1) is 12.0 Å². The Labute approximate surface area is 195 Å². The molecule has 2 amide bonds. The van der Waals surface area contributed by atoms with E-state index in [2.05, 4.69) is 48.6 Å². The average Bonchev–Trinajstić information content (AvgIpc) is 3.55. The molecule has 4 rings (SSSR count). The Balaban J connectivity index is 1.61. The fourth-order valence-electron chi connectivity index (χ4n) is 4.47. The van der Waals surface area contributed by atoms with Crippen LogP contribution in [-0.2, 0) is 9.59 Å². The first-order valence-electron chi connectivity index (χ1n) is 12.0. The summed E-state index contributed by atoms with van der Waals surface area (Å²) in [7, 11) is 2.07. The molecule has 1 aliphatic heterocycles. The summed E-state index contributed by atoms with van der Waals surface area (Å²) in [5.41, 5.74) is 3.61. The molecule has 6 heteroatoms. The first kappa shape index (κ1) is 23.4. The number of hydrogen-bond acceptors (Lipinski definition) is 3. The Morgan fingerprint density at radius 2 is 1.58 bits per heavy atom. The molecule has 2 N–H and O–H groups in total. The third-order valence-electron chi connectivity index (χ3n) is 6.89. The van der Waals surface area contributed by atoms with Gasteiger partial charge in [-0.2, -0.15) is 0 Å². The number of para-hydroxylation sites is 1. The third kappa shape index (κ3) is 5.61. The van der Waals surface area contributed by atoms with Crippen LogP contribution in [0.25, 0.3) is 0 Å². The number of alkyl halides is 1. The number of rotatable bonds is 7. The van der Waals surface area contributed by atoms with Gasteiger partial charge in [0.1, 0.15) is 6.17 Å². The van der Waals surface area contributed by atoms with Crippen molar-refractivity contribution >= 4 is 17.5 Å². The molecule has 2 aromatic rings. The van der Waals surface area contributed by atoms with Crippen LogP contribution in [0.2, 0.25) is 0 Å². The van der Waals surface area contributed by atoms with Gasteiger partial charge in [-0.3, -0.25) is 9.59 Å². The quantitative estimate of drug-likeness (QED) is 0.644. The lowest BCUT2D eigenvalue weighted by molar-refractivity contribution is -0.123. The number of piperidine rings is 1. The van der Waals surface area contributed by atoms with E-state index in [1.54, 1.807) is 0 Å². The summed E-state index contributed by atoms with van der Waals surface area (Å²) in [6.07, 6.45) is 0.884. The van der Waals surface area contributed by atoms with Crippen molar-refractivity contribution in [1.82, 2.24) is 10.2 Å².